The van der Waals surface area contributed by atoms with Crippen LogP contribution in [0, 0.1) is 16.0 Å². The zero-order valence-electron chi connectivity index (χ0n) is 10.7. The predicted octanol–water partition coefficient (Wildman–Crippen LogP) is 1.52. The first-order valence-electron chi connectivity index (χ1n) is 5.77. The van der Waals surface area contributed by atoms with Crippen LogP contribution in [0.3, 0.4) is 0 Å². The molecular weight excluding hydrogens is 284 g/mol. The Kier molecular flexibility index (Phi) is 5.98. The Bertz CT molecular complexity index is 503. The molecule has 0 aromatic heterocycles. The van der Waals surface area contributed by atoms with Crippen LogP contribution >= 0.6 is 11.8 Å². The van der Waals surface area contributed by atoms with Gasteiger partial charge in [0.2, 0.25) is 5.91 Å². The first-order chi connectivity index (χ1) is 9.40. The minimum atomic E-state index is -0.965. The molecule has 0 spiro atoms. The van der Waals surface area contributed by atoms with Crippen LogP contribution in [-0.4, -0.2) is 34.2 Å². The van der Waals surface area contributed by atoms with E-state index in [9.17, 15) is 19.7 Å². The van der Waals surface area contributed by atoms with Gasteiger partial charge in [-0.1, -0.05) is 6.92 Å². The Labute approximate surface area is 119 Å². The van der Waals surface area contributed by atoms with Gasteiger partial charge < -0.3 is 10.4 Å². The summed E-state index contributed by atoms with van der Waals surface area (Å²) in [6, 6.07) is 5.87. The molecule has 1 unspecified atom stereocenters. The summed E-state index contributed by atoms with van der Waals surface area (Å²) in [5.74, 6) is -1.75. The Morgan fingerprint density at radius 3 is 2.50 bits per heavy atom. The van der Waals surface area contributed by atoms with Gasteiger partial charge in [-0.05, 0) is 12.1 Å². The molecule has 1 aromatic carbocycles. The second kappa shape index (κ2) is 7.49. The number of carboxylic acid groups (broad SMARTS) is 1. The van der Waals surface area contributed by atoms with E-state index in [0.717, 1.165) is 4.90 Å². The quantitative estimate of drug-likeness (QED) is 0.449. The molecule has 0 saturated heterocycles. The highest BCUT2D eigenvalue weighted by Crippen LogP contribution is 2.20. The Balaban J connectivity index is 2.37. The van der Waals surface area contributed by atoms with Crippen LogP contribution in [0.25, 0.3) is 0 Å². The van der Waals surface area contributed by atoms with Crippen molar-refractivity contribution < 1.29 is 19.6 Å². The summed E-state index contributed by atoms with van der Waals surface area (Å²) in [7, 11) is 0. The van der Waals surface area contributed by atoms with Gasteiger partial charge >= 0.3 is 5.97 Å². The lowest BCUT2D eigenvalue weighted by atomic mass is 10.2. The van der Waals surface area contributed by atoms with Crippen molar-refractivity contribution in [2.75, 3.05) is 12.3 Å². The standard InChI is InChI=1S/C12H14N2O5S/c1-8(12(16)17)6-13-11(15)7-20-10-4-2-9(3-5-10)14(18)19/h2-5,8H,6-7H2,1H3,(H,13,15)(H,16,17). The number of aliphatic carboxylic acids is 1. The summed E-state index contributed by atoms with van der Waals surface area (Å²) >= 11 is 1.23. The molecule has 1 rings (SSSR count). The van der Waals surface area contributed by atoms with Crippen molar-refractivity contribution in [1.29, 1.82) is 0 Å². The van der Waals surface area contributed by atoms with Crippen molar-refractivity contribution in [3.8, 4) is 0 Å². The van der Waals surface area contributed by atoms with E-state index in [1.54, 1.807) is 12.1 Å². The highest BCUT2D eigenvalue weighted by atomic mass is 32.2. The number of non-ortho nitro benzene ring substituents is 1. The summed E-state index contributed by atoms with van der Waals surface area (Å²) in [5.41, 5.74) is -0.00548. The first-order valence-corrected chi connectivity index (χ1v) is 6.75. The van der Waals surface area contributed by atoms with Gasteiger partial charge in [-0.15, -0.1) is 11.8 Å². The maximum atomic E-state index is 11.5. The molecule has 20 heavy (non-hydrogen) atoms. The molecule has 1 atom stereocenters. The number of carbonyl (C=O) groups excluding carboxylic acids is 1. The maximum absolute atomic E-state index is 11.5. The number of carbonyl (C=O) groups is 2. The minimum absolute atomic E-state index is 0.00548. The number of carboxylic acids is 1. The Morgan fingerprint density at radius 2 is 2.00 bits per heavy atom. The Hall–Kier alpha value is -2.09. The smallest absolute Gasteiger partial charge is 0.308 e. The van der Waals surface area contributed by atoms with Crippen LogP contribution in [0.15, 0.2) is 29.2 Å². The van der Waals surface area contributed by atoms with Gasteiger partial charge in [-0.2, -0.15) is 0 Å². The summed E-state index contributed by atoms with van der Waals surface area (Å²) < 4.78 is 0. The van der Waals surface area contributed by atoms with E-state index in [0.29, 0.717) is 0 Å². The molecule has 0 heterocycles. The molecule has 1 aromatic rings. The van der Waals surface area contributed by atoms with Gasteiger partial charge in [0.05, 0.1) is 16.6 Å². The van der Waals surface area contributed by atoms with Gasteiger partial charge in [0.15, 0.2) is 0 Å². The average Bonchev–Trinajstić information content (AvgIpc) is 2.42. The van der Waals surface area contributed by atoms with Crippen molar-refractivity contribution >= 4 is 29.3 Å². The summed E-state index contributed by atoms with van der Waals surface area (Å²) in [6.45, 7) is 1.58. The van der Waals surface area contributed by atoms with E-state index in [1.807, 2.05) is 0 Å². The fourth-order valence-electron chi connectivity index (χ4n) is 1.22. The number of nitro groups is 1. The molecule has 0 fully saturated rings. The fourth-order valence-corrected chi connectivity index (χ4v) is 1.95. The third kappa shape index (κ3) is 5.27. The maximum Gasteiger partial charge on any atom is 0.308 e. The number of hydrogen-bond acceptors (Lipinski definition) is 5. The summed E-state index contributed by atoms with van der Waals surface area (Å²) in [4.78, 5) is 32.8. The number of benzene rings is 1. The zero-order valence-corrected chi connectivity index (χ0v) is 11.6. The molecule has 0 aliphatic carbocycles. The van der Waals surface area contributed by atoms with Crippen LogP contribution in [0.5, 0.6) is 0 Å². The van der Waals surface area contributed by atoms with Crippen LogP contribution in [0.1, 0.15) is 6.92 Å². The van der Waals surface area contributed by atoms with E-state index < -0.39 is 16.8 Å². The van der Waals surface area contributed by atoms with Crippen molar-refractivity contribution in [2.24, 2.45) is 5.92 Å². The van der Waals surface area contributed by atoms with E-state index >= 15 is 0 Å². The minimum Gasteiger partial charge on any atom is -0.481 e. The normalized spacial score (nSPS) is 11.7. The van der Waals surface area contributed by atoms with Crippen LogP contribution in [-0.2, 0) is 9.59 Å². The molecule has 0 aliphatic heterocycles. The van der Waals surface area contributed by atoms with E-state index in [1.165, 1.54) is 30.8 Å². The summed E-state index contributed by atoms with van der Waals surface area (Å²) in [5, 5.41) is 21.6. The van der Waals surface area contributed by atoms with Crippen molar-refractivity contribution in [3.05, 3.63) is 34.4 Å². The number of thioether (sulfide) groups is 1. The molecule has 108 valence electrons. The first kappa shape index (κ1) is 16.0. The lowest BCUT2D eigenvalue weighted by molar-refractivity contribution is -0.384. The molecule has 0 radical (unpaired) electrons. The zero-order chi connectivity index (χ0) is 15.1. The monoisotopic (exact) mass is 298 g/mol. The van der Waals surface area contributed by atoms with Gasteiger partial charge in [0.1, 0.15) is 0 Å². The van der Waals surface area contributed by atoms with E-state index in [2.05, 4.69) is 5.32 Å². The lowest BCUT2D eigenvalue weighted by Crippen LogP contribution is -2.32. The number of nitro benzene ring substituents is 1. The number of rotatable bonds is 7. The van der Waals surface area contributed by atoms with Crippen molar-refractivity contribution in [2.45, 2.75) is 11.8 Å². The third-order valence-electron chi connectivity index (χ3n) is 2.44. The topological polar surface area (TPSA) is 110 Å². The molecule has 1 amide bonds. The van der Waals surface area contributed by atoms with Gasteiger partial charge in [0.25, 0.3) is 5.69 Å². The van der Waals surface area contributed by atoms with E-state index in [-0.39, 0.29) is 23.9 Å². The molecule has 7 nitrogen and oxygen atoms in total. The molecular formula is C12H14N2O5S. The van der Waals surface area contributed by atoms with Crippen LogP contribution in [0.2, 0.25) is 0 Å². The fraction of sp³-hybridized carbons (Fsp3) is 0.333. The second-order valence-corrected chi connectivity index (χ2v) is 5.13. The van der Waals surface area contributed by atoms with Crippen molar-refractivity contribution in [1.82, 2.24) is 5.32 Å². The number of amides is 1. The van der Waals surface area contributed by atoms with Crippen LogP contribution in [0.4, 0.5) is 5.69 Å². The highest BCUT2D eigenvalue weighted by Gasteiger charge is 2.12. The highest BCUT2D eigenvalue weighted by molar-refractivity contribution is 8.00. The van der Waals surface area contributed by atoms with Crippen molar-refractivity contribution in [3.63, 3.8) is 0 Å². The second-order valence-electron chi connectivity index (χ2n) is 4.08. The van der Waals surface area contributed by atoms with Crippen LogP contribution < -0.4 is 5.32 Å². The molecule has 0 bridgehead atoms. The predicted molar refractivity (Wildman–Crippen MR) is 73.6 cm³/mol. The number of nitrogens with zero attached hydrogens (tertiary/aromatic N) is 1. The SMILES string of the molecule is CC(CNC(=O)CSc1ccc([N+](=O)[O-])cc1)C(=O)O. The number of hydrogen-bond donors (Lipinski definition) is 2. The molecule has 0 aliphatic rings. The van der Waals surface area contributed by atoms with Gasteiger partial charge in [-0.3, -0.25) is 19.7 Å². The van der Waals surface area contributed by atoms with E-state index in [4.69, 9.17) is 5.11 Å². The molecule has 8 heteroatoms. The Morgan fingerprint density at radius 1 is 1.40 bits per heavy atom. The number of nitrogens with one attached hydrogen (secondary N) is 1. The van der Waals surface area contributed by atoms with Gasteiger partial charge in [0, 0.05) is 23.6 Å². The lowest BCUT2D eigenvalue weighted by Gasteiger charge is -2.08. The molecule has 2 N–H and O–H groups in total. The van der Waals surface area contributed by atoms with Gasteiger partial charge in [-0.25, -0.2) is 0 Å². The average molecular weight is 298 g/mol. The largest absolute Gasteiger partial charge is 0.481 e. The third-order valence-corrected chi connectivity index (χ3v) is 3.46. The summed E-state index contributed by atoms with van der Waals surface area (Å²) in [6.07, 6.45) is 0. The molecule has 0 saturated carbocycles.